The highest BCUT2D eigenvalue weighted by Gasteiger charge is 2.05. The quantitative estimate of drug-likeness (QED) is 0.512. The van der Waals surface area contributed by atoms with Gasteiger partial charge in [-0.05, 0) is 6.42 Å². The molecule has 0 saturated heterocycles. The number of methoxy groups -OCH3 is 1. The summed E-state index contributed by atoms with van der Waals surface area (Å²) in [6, 6.07) is 0. The van der Waals surface area contributed by atoms with Crippen LogP contribution in [0.3, 0.4) is 0 Å². The Morgan fingerprint density at radius 2 is 2.20 bits per heavy atom. The molecule has 5 heteroatoms. The smallest absolute Gasteiger partial charge is 0.246 e. The molecule has 0 spiro atoms. The van der Waals surface area contributed by atoms with E-state index in [9.17, 15) is 4.79 Å². The number of halogens is 1. The summed E-state index contributed by atoms with van der Waals surface area (Å²) in [5.74, 6) is -0.0772. The van der Waals surface area contributed by atoms with Gasteiger partial charge in [-0.2, -0.15) is 0 Å². The molecule has 1 unspecified atom stereocenters. The average molecular weight is 282 g/mol. The highest BCUT2D eigenvalue weighted by Crippen LogP contribution is 2.05. The fourth-order valence-corrected chi connectivity index (χ4v) is 1.62. The predicted octanol–water partition coefficient (Wildman–Crippen LogP) is 1.33. The third-order valence-electron chi connectivity index (χ3n) is 1.79. The van der Waals surface area contributed by atoms with Crippen molar-refractivity contribution in [3.8, 4) is 0 Å². The van der Waals surface area contributed by atoms with Gasteiger partial charge in [-0.3, -0.25) is 4.79 Å². The van der Waals surface area contributed by atoms with Gasteiger partial charge in [0.2, 0.25) is 5.91 Å². The van der Waals surface area contributed by atoms with Gasteiger partial charge >= 0.3 is 0 Å². The van der Waals surface area contributed by atoms with E-state index < -0.39 is 0 Å². The molecule has 0 radical (unpaired) electrons. The van der Waals surface area contributed by atoms with Crippen LogP contribution in [-0.4, -0.2) is 44.2 Å². The third kappa shape index (κ3) is 10.2. The van der Waals surface area contributed by atoms with E-state index in [0.717, 1.165) is 12.8 Å². The van der Waals surface area contributed by atoms with Crippen molar-refractivity contribution >= 4 is 21.8 Å². The molecule has 0 aliphatic heterocycles. The summed E-state index contributed by atoms with van der Waals surface area (Å²) >= 11 is 3.48. The first-order chi connectivity index (χ1) is 7.20. The van der Waals surface area contributed by atoms with Crippen LogP contribution in [0, 0.1) is 0 Å². The Bertz CT molecular complexity index is 167. The van der Waals surface area contributed by atoms with E-state index in [1.807, 2.05) is 0 Å². The van der Waals surface area contributed by atoms with Crippen molar-refractivity contribution in [3.05, 3.63) is 0 Å². The van der Waals surface area contributed by atoms with E-state index in [2.05, 4.69) is 28.2 Å². The zero-order valence-electron chi connectivity index (χ0n) is 9.42. The summed E-state index contributed by atoms with van der Waals surface area (Å²) in [5.41, 5.74) is 0. The largest absolute Gasteiger partial charge is 0.382 e. The number of rotatable bonds is 9. The molecule has 0 aromatic heterocycles. The van der Waals surface area contributed by atoms with Crippen molar-refractivity contribution in [2.24, 2.45) is 0 Å². The van der Waals surface area contributed by atoms with Crippen molar-refractivity contribution in [1.82, 2.24) is 5.32 Å². The minimum Gasteiger partial charge on any atom is -0.382 e. The lowest BCUT2D eigenvalue weighted by Crippen LogP contribution is -2.32. The number of amides is 1. The van der Waals surface area contributed by atoms with Crippen molar-refractivity contribution in [2.45, 2.75) is 24.6 Å². The molecule has 0 fully saturated rings. The fraction of sp³-hybridized carbons (Fsp3) is 0.900. The Kier molecular flexibility index (Phi) is 10.3. The zero-order chi connectivity index (χ0) is 11.5. The highest BCUT2D eigenvalue weighted by atomic mass is 79.9. The topological polar surface area (TPSA) is 47.6 Å². The van der Waals surface area contributed by atoms with Gasteiger partial charge < -0.3 is 14.8 Å². The standard InChI is InChI=1S/C10H20BrNO3/c1-3-4-9(11)7-12-10(13)8-15-6-5-14-2/h9H,3-8H2,1-2H3,(H,12,13). The first-order valence-corrected chi connectivity index (χ1v) is 6.09. The van der Waals surface area contributed by atoms with Gasteiger partial charge in [0.1, 0.15) is 6.61 Å². The van der Waals surface area contributed by atoms with Crippen molar-refractivity contribution in [2.75, 3.05) is 33.5 Å². The SMILES string of the molecule is CCCC(Br)CNC(=O)COCCOC. The Labute approximate surface area is 99.8 Å². The lowest BCUT2D eigenvalue weighted by molar-refractivity contribution is -0.126. The van der Waals surface area contributed by atoms with Gasteiger partial charge in [0.05, 0.1) is 13.2 Å². The van der Waals surface area contributed by atoms with Crippen molar-refractivity contribution < 1.29 is 14.3 Å². The van der Waals surface area contributed by atoms with E-state index in [0.29, 0.717) is 24.6 Å². The van der Waals surface area contributed by atoms with Crippen LogP contribution in [0.1, 0.15) is 19.8 Å². The summed E-state index contributed by atoms with van der Waals surface area (Å²) < 4.78 is 9.87. The second-order valence-corrected chi connectivity index (χ2v) is 4.53. The van der Waals surface area contributed by atoms with Crippen LogP contribution in [0.5, 0.6) is 0 Å². The predicted molar refractivity (Wildman–Crippen MR) is 63.3 cm³/mol. The molecule has 4 nitrogen and oxygen atoms in total. The van der Waals surface area contributed by atoms with Crippen LogP contribution in [0.4, 0.5) is 0 Å². The van der Waals surface area contributed by atoms with Gasteiger partial charge in [-0.25, -0.2) is 0 Å². The Morgan fingerprint density at radius 3 is 2.80 bits per heavy atom. The number of alkyl halides is 1. The second kappa shape index (κ2) is 10.4. The Balaban J connectivity index is 3.32. The Morgan fingerprint density at radius 1 is 1.47 bits per heavy atom. The fourth-order valence-electron chi connectivity index (χ4n) is 0.998. The Hall–Kier alpha value is -0.130. The molecule has 0 aliphatic rings. The van der Waals surface area contributed by atoms with E-state index >= 15 is 0 Å². The van der Waals surface area contributed by atoms with Crippen LogP contribution < -0.4 is 5.32 Å². The van der Waals surface area contributed by atoms with Gasteiger partial charge in [0.15, 0.2) is 0 Å². The number of ether oxygens (including phenoxy) is 2. The molecule has 1 atom stereocenters. The molecule has 0 aromatic carbocycles. The van der Waals surface area contributed by atoms with E-state index in [-0.39, 0.29) is 12.5 Å². The summed E-state index contributed by atoms with van der Waals surface area (Å²) in [6.45, 7) is 3.85. The molecule has 15 heavy (non-hydrogen) atoms. The first kappa shape index (κ1) is 14.9. The molecule has 0 saturated carbocycles. The van der Waals surface area contributed by atoms with Gasteiger partial charge in [-0.1, -0.05) is 29.3 Å². The molecule has 0 rings (SSSR count). The lowest BCUT2D eigenvalue weighted by Gasteiger charge is -2.10. The number of nitrogens with one attached hydrogen (secondary N) is 1. The summed E-state index contributed by atoms with van der Waals surface area (Å²) in [6.07, 6.45) is 2.17. The summed E-state index contributed by atoms with van der Waals surface area (Å²) in [7, 11) is 1.60. The normalized spacial score (nSPS) is 12.5. The van der Waals surface area contributed by atoms with E-state index in [1.54, 1.807) is 7.11 Å². The lowest BCUT2D eigenvalue weighted by atomic mass is 10.2. The molecule has 0 bridgehead atoms. The van der Waals surface area contributed by atoms with Gasteiger partial charge in [-0.15, -0.1) is 0 Å². The van der Waals surface area contributed by atoms with E-state index in [4.69, 9.17) is 9.47 Å². The van der Waals surface area contributed by atoms with Gasteiger partial charge in [0, 0.05) is 18.5 Å². The van der Waals surface area contributed by atoms with Crippen LogP contribution in [0.2, 0.25) is 0 Å². The monoisotopic (exact) mass is 281 g/mol. The number of hydrogen-bond donors (Lipinski definition) is 1. The van der Waals surface area contributed by atoms with Gasteiger partial charge in [0.25, 0.3) is 0 Å². The van der Waals surface area contributed by atoms with Crippen LogP contribution in [-0.2, 0) is 14.3 Å². The first-order valence-electron chi connectivity index (χ1n) is 5.18. The molecule has 0 heterocycles. The van der Waals surface area contributed by atoms with Crippen molar-refractivity contribution in [3.63, 3.8) is 0 Å². The summed E-state index contributed by atoms with van der Waals surface area (Å²) in [4.78, 5) is 11.6. The average Bonchev–Trinajstić information content (AvgIpc) is 2.22. The molecular formula is C10H20BrNO3. The molecular weight excluding hydrogens is 262 g/mol. The maximum absolute atomic E-state index is 11.2. The molecule has 90 valence electrons. The number of carbonyl (C=O) groups is 1. The molecule has 0 aliphatic carbocycles. The summed E-state index contributed by atoms with van der Waals surface area (Å²) in [5, 5.41) is 2.79. The zero-order valence-corrected chi connectivity index (χ0v) is 11.0. The maximum atomic E-state index is 11.2. The maximum Gasteiger partial charge on any atom is 0.246 e. The van der Waals surface area contributed by atoms with Crippen molar-refractivity contribution in [1.29, 1.82) is 0 Å². The van der Waals surface area contributed by atoms with Crippen LogP contribution in [0.25, 0.3) is 0 Å². The van der Waals surface area contributed by atoms with E-state index in [1.165, 1.54) is 0 Å². The number of carbonyl (C=O) groups excluding carboxylic acids is 1. The highest BCUT2D eigenvalue weighted by molar-refractivity contribution is 9.09. The minimum atomic E-state index is -0.0772. The second-order valence-electron chi connectivity index (χ2n) is 3.24. The molecule has 0 aromatic rings. The van der Waals surface area contributed by atoms with Crippen LogP contribution >= 0.6 is 15.9 Å². The third-order valence-corrected chi connectivity index (χ3v) is 2.57. The molecule has 1 N–H and O–H groups in total. The number of hydrogen-bond acceptors (Lipinski definition) is 3. The van der Waals surface area contributed by atoms with Crippen LogP contribution in [0.15, 0.2) is 0 Å². The minimum absolute atomic E-state index is 0.0772. The molecule has 1 amide bonds.